The van der Waals surface area contributed by atoms with Gasteiger partial charge in [-0.15, -0.1) is 24.0 Å². The second-order valence-corrected chi connectivity index (χ2v) is 7.37. The Morgan fingerprint density at radius 3 is 2.93 bits per heavy atom. The number of hydrogen-bond donors (Lipinski definition) is 2. The van der Waals surface area contributed by atoms with Crippen molar-refractivity contribution in [1.29, 1.82) is 0 Å². The summed E-state index contributed by atoms with van der Waals surface area (Å²) >= 11 is 0. The molecule has 0 saturated carbocycles. The zero-order valence-electron chi connectivity index (χ0n) is 16.6. The maximum Gasteiger partial charge on any atom is 0.231 e. The van der Waals surface area contributed by atoms with E-state index < -0.39 is 0 Å². The summed E-state index contributed by atoms with van der Waals surface area (Å²) < 4.78 is 12.9. The van der Waals surface area contributed by atoms with Gasteiger partial charge in [-0.3, -0.25) is 9.67 Å². The normalized spacial score (nSPS) is 17.9. The highest BCUT2D eigenvalue weighted by atomic mass is 127. The monoisotopic (exact) mass is 497 g/mol. The van der Waals surface area contributed by atoms with Gasteiger partial charge in [0.1, 0.15) is 0 Å². The van der Waals surface area contributed by atoms with E-state index in [0.717, 1.165) is 42.3 Å². The number of halogens is 1. The Morgan fingerprint density at radius 1 is 1.32 bits per heavy atom. The summed E-state index contributed by atoms with van der Waals surface area (Å²) in [5.41, 5.74) is 3.72. The van der Waals surface area contributed by atoms with Crippen LogP contribution in [-0.4, -0.2) is 35.6 Å². The fraction of sp³-hybridized carbons (Fsp3) is 0.500. The van der Waals surface area contributed by atoms with Crippen molar-refractivity contribution in [3.63, 3.8) is 0 Å². The molecule has 28 heavy (non-hydrogen) atoms. The van der Waals surface area contributed by atoms with Crippen LogP contribution in [0.5, 0.6) is 11.5 Å². The molecule has 0 amide bonds. The molecule has 1 aromatic heterocycles. The molecule has 2 heterocycles. The lowest BCUT2D eigenvalue weighted by molar-refractivity contribution is 0.174. The van der Waals surface area contributed by atoms with Crippen LogP contribution in [0.1, 0.15) is 43.1 Å². The third kappa shape index (κ3) is 4.53. The van der Waals surface area contributed by atoms with Crippen molar-refractivity contribution in [3.8, 4) is 11.5 Å². The van der Waals surface area contributed by atoms with Crippen LogP contribution < -0.4 is 20.1 Å². The van der Waals surface area contributed by atoms with Gasteiger partial charge in [0.05, 0.1) is 5.69 Å². The number of fused-ring (bicyclic) bond motifs is 2. The van der Waals surface area contributed by atoms with E-state index >= 15 is 0 Å². The smallest absolute Gasteiger partial charge is 0.231 e. The van der Waals surface area contributed by atoms with Crippen LogP contribution in [0.15, 0.2) is 29.4 Å². The summed E-state index contributed by atoms with van der Waals surface area (Å²) in [6.45, 7) is 5.30. The SMILES string of the molecule is CN=C(NCc1ccc2c(c1)OCO2)NC1CCc2cn(C(C)C)nc2C1.I. The zero-order chi connectivity index (χ0) is 18.8. The van der Waals surface area contributed by atoms with Crippen molar-refractivity contribution >= 4 is 29.9 Å². The average molecular weight is 497 g/mol. The number of benzene rings is 1. The number of nitrogens with one attached hydrogen (secondary N) is 2. The number of nitrogens with zero attached hydrogens (tertiary/aromatic N) is 3. The molecule has 8 heteroatoms. The fourth-order valence-corrected chi connectivity index (χ4v) is 3.53. The molecule has 152 valence electrons. The molecule has 1 unspecified atom stereocenters. The summed E-state index contributed by atoms with van der Waals surface area (Å²) in [6, 6.07) is 6.74. The lowest BCUT2D eigenvalue weighted by Crippen LogP contribution is -2.45. The van der Waals surface area contributed by atoms with Crippen LogP contribution in [0, 0.1) is 0 Å². The topological polar surface area (TPSA) is 72.7 Å². The molecule has 0 fully saturated rings. The van der Waals surface area contributed by atoms with Crippen LogP contribution in [0.3, 0.4) is 0 Å². The maximum atomic E-state index is 5.44. The van der Waals surface area contributed by atoms with Gasteiger partial charge in [-0.1, -0.05) is 6.07 Å². The largest absolute Gasteiger partial charge is 0.454 e. The number of aliphatic imine (C=N–C) groups is 1. The zero-order valence-corrected chi connectivity index (χ0v) is 18.9. The first-order valence-corrected chi connectivity index (χ1v) is 9.55. The molecule has 0 radical (unpaired) electrons. The summed E-state index contributed by atoms with van der Waals surface area (Å²) in [4.78, 5) is 4.37. The quantitative estimate of drug-likeness (QED) is 0.386. The Kier molecular flexibility index (Phi) is 6.69. The number of ether oxygens (including phenoxy) is 2. The first kappa shape index (κ1) is 20.8. The molecule has 1 aliphatic heterocycles. The van der Waals surface area contributed by atoms with Crippen LogP contribution in [-0.2, 0) is 19.4 Å². The molecule has 1 aromatic carbocycles. The molecular weight excluding hydrogens is 469 g/mol. The third-order valence-electron chi connectivity index (χ3n) is 5.09. The van der Waals surface area contributed by atoms with E-state index in [1.54, 1.807) is 7.05 Å². The minimum Gasteiger partial charge on any atom is -0.454 e. The van der Waals surface area contributed by atoms with Gasteiger partial charge >= 0.3 is 0 Å². The Hall–Kier alpha value is -1.97. The first-order chi connectivity index (χ1) is 13.1. The number of rotatable bonds is 4. The van der Waals surface area contributed by atoms with Gasteiger partial charge in [0.25, 0.3) is 0 Å². The van der Waals surface area contributed by atoms with Gasteiger partial charge in [0, 0.05) is 38.3 Å². The Morgan fingerprint density at radius 2 is 2.14 bits per heavy atom. The van der Waals surface area contributed by atoms with E-state index in [1.165, 1.54) is 11.3 Å². The van der Waals surface area contributed by atoms with Gasteiger partial charge < -0.3 is 20.1 Å². The van der Waals surface area contributed by atoms with Gasteiger partial charge in [-0.05, 0) is 49.9 Å². The molecule has 2 N–H and O–H groups in total. The first-order valence-electron chi connectivity index (χ1n) is 9.55. The maximum absolute atomic E-state index is 5.44. The van der Waals surface area contributed by atoms with Crippen molar-refractivity contribution in [1.82, 2.24) is 20.4 Å². The number of aromatic nitrogens is 2. The lowest BCUT2D eigenvalue weighted by atomic mass is 9.94. The van der Waals surface area contributed by atoms with Crippen LogP contribution in [0.4, 0.5) is 0 Å². The van der Waals surface area contributed by atoms with Crippen LogP contribution >= 0.6 is 24.0 Å². The predicted molar refractivity (Wildman–Crippen MR) is 120 cm³/mol. The summed E-state index contributed by atoms with van der Waals surface area (Å²) in [5, 5.41) is 11.7. The van der Waals surface area contributed by atoms with E-state index in [4.69, 9.17) is 14.6 Å². The van der Waals surface area contributed by atoms with Crippen molar-refractivity contribution in [2.75, 3.05) is 13.8 Å². The fourth-order valence-electron chi connectivity index (χ4n) is 3.53. The molecular formula is C20H28IN5O2. The van der Waals surface area contributed by atoms with Crippen molar-refractivity contribution in [2.24, 2.45) is 4.99 Å². The Labute approximate surface area is 182 Å². The number of guanidine groups is 1. The highest BCUT2D eigenvalue weighted by molar-refractivity contribution is 14.0. The highest BCUT2D eigenvalue weighted by Crippen LogP contribution is 2.32. The van der Waals surface area contributed by atoms with Gasteiger partial charge in [-0.2, -0.15) is 5.10 Å². The Balaban J connectivity index is 0.00000225. The molecule has 0 bridgehead atoms. The minimum absolute atomic E-state index is 0. The number of aryl methyl sites for hydroxylation is 1. The van der Waals surface area contributed by atoms with Crippen LogP contribution in [0.25, 0.3) is 0 Å². The summed E-state index contributed by atoms with van der Waals surface area (Å²) in [6.07, 6.45) is 5.27. The van der Waals surface area contributed by atoms with Crippen molar-refractivity contribution in [3.05, 3.63) is 41.2 Å². The van der Waals surface area contributed by atoms with Gasteiger partial charge in [0.2, 0.25) is 6.79 Å². The minimum atomic E-state index is 0. The average Bonchev–Trinajstić information content (AvgIpc) is 3.30. The number of hydrogen-bond acceptors (Lipinski definition) is 4. The second kappa shape index (κ2) is 9.02. The van der Waals surface area contributed by atoms with Crippen molar-refractivity contribution < 1.29 is 9.47 Å². The summed E-state index contributed by atoms with van der Waals surface area (Å²) in [5.74, 6) is 2.42. The van der Waals surface area contributed by atoms with Gasteiger partial charge in [0.15, 0.2) is 17.5 Å². The van der Waals surface area contributed by atoms with Crippen molar-refractivity contribution in [2.45, 2.75) is 51.7 Å². The molecule has 1 atom stereocenters. The van der Waals surface area contributed by atoms with E-state index in [2.05, 4.69) is 40.4 Å². The van der Waals surface area contributed by atoms with Crippen LogP contribution in [0.2, 0.25) is 0 Å². The standard InChI is InChI=1S/C20H27N5O2.HI/c1-13(2)25-11-15-5-6-16(9-17(15)24-25)23-20(21-3)22-10-14-4-7-18-19(8-14)27-12-26-18;/h4,7-8,11,13,16H,5-6,9-10,12H2,1-3H3,(H2,21,22,23);1H. The van der Waals surface area contributed by atoms with E-state index in [9.17, 15) is 0 Å². The van der Waals surface area contributed by atoms with E-state index in [-0.39, 0.29) is 24.0 Å². The molecule has 4 rings (SSSR count). The third-order valence-corrected chi connectivity index (χ3v) is 5.09. The molecule has 0 saturated heterocycles. The summed E-state index contributed by atoms with van der Waals surface area (Å²) in [7, 11) is 1.80. The Bertz CT molecular complexity index is 849. The van der Waals surface area contributed by atoms with Gasteiger partial charge in [-0.25, -0.2) is 0 Å². The second-order valence-electron chi connectivity index (χ2n) is 7.37. The van der Waals surface area contributed by atoms with E-state index in [1.807, 2.05) is 18.2 Å². The molecule has 1 aliphatic carbocycles. The molecule has 7 nitrogen and oxygen atoms in total. The van der Waals surface area contributed by atoms with E-state index in [0.29, 0.717) is 25.4 Å². The lowest BCUT2D eigenvalue weighted by Gasteiger charge is -2.24. The molecule has 2 aliphatic rings. The predicted octanol–water partition coefficient (Wildman–Crippen LogP) is 3.03. The highest BCUT2D eigenvalue weighted by Gasteiger charge is 2.23. The molecule has 2 aromatic rings. The molecule has 0 spiro atoms.